The van der Waals surface area contributed by atoms with Crippen molar-refractivity contribution in [2.45, 2.75) is 38.1 Å². The van der Waals surface area contributed by atoms with E-state index in [1.807, 2.05) is 13.8 Å². The number of nitrogens with two attached hydrogens (primary N) is 1. The molecule has 0 fully saturated rings. The van der Waals surface area contributed by atoms with Crippen LogP contribution in [0.2, 0.25) is 0 Å². The Hall–Kier alpha value is -1.51. The minimum Gasteiger partial charge on any atom is -0.329 e. The number of hydrogen-bond acceptors (Lipinski definition) is 5. The number of sulfonamides is 1. The van der Waals surface area contributed by atoms with E-state index < -0.39 is 14.9 Å². The lowest BCUT2D eigenvalue weighted by molar-refractivity contribution is -0.385. The van der Waals surface area contributed by atoms with Crippen LogP contribution in [0.15, 0.2) is 23.1 Å². The van der Waals surface area contributed by atoms with Crippen LogP contribution < -0.4 is 10.5 Å². The van der Waals surface area contributed by atoms with E-state index >= 15 is 0 Å². The smallest absolute Gasteiger partial charge is 0.272 e. The summed E-state index contributed by atoms with van der Waals surface area (Å²) in [5.41, 5.74) is 5.78. The molecule has 0 saturated carbocycles. The van der Waals surface area contributed by atoms with Crippen molar-refractivity contribution in [3.8, 4) is 0 Å². The minimum atomic E-state index is -3.73. The van der Waals surface area contributed by atoms with Crippen molar-refractivity contribution in [3.63, 3.8) is 0 Å². The molecule has 1 aromatic carbocycles. The van der Waals surface area contributed by atoms with E-state index in [-0.39, 0.29) is 23.2 Å². The van der Waals surface area contributed by atoms with Gasteiger partial charge in [0.15, 0.2) is 0 Å². The molecule has 0 unspecified atom stereocenters. The zero-order chi connectivity index (χ0) is 16.2. The number of nitro benzene ring substituents is 1. The molecule has 118 valence electrons. The van der Waals surface area contributed by atoms with Crippen LogP contribution in [-0.4, -0.2) is 25.9 Å². The number of rotatable bonds is 7. The molecule has 0 radical (unpaired) electrons. The standard InChI is InChI=1S/C13H21N3O4S/c1-9(2)6-11(8-14)15-21(19,20)12-4-5-13(16(17)18)10(3)7-12/h4-5,7,9,11,15H,6,8,14H2,1-3H3/t11-/m0/s1. The number of aryl methyl sites for hydroxylation is 1. The zero-order valence-corrected chi connectivity index (χ0v) is 13.2. The minimum absolute atomic E-state index is 0.00723. The van der Waals surface area contributed by atoms with Crippen LogP contribution in [0.5, 0.6) is 0 Å². The molecular formula is C13H21N3O4S. The van der Waals surface area contributed by atoms with Crippen LogP contribution >= 0.6 is 0 Å². The summed E-state index contributed by atoms with van der Waals surface area (Å²) in [5, 5.41) is 10.8. The van der Waals surface area contributed by atoms with Crippen molar-refractivity contribution in [1.82, 2.24) is 4.72 Å². The molecule has 0 aromatic heterocycles. The van der Waals surface area contributed by atoms with E-state index in [9.17, 15) is 18.5 Å². The molecule has 1 aromatic rings. The highest BCUT2D eigenvalue weighted by atomic mass is 32.2. The van der Waals surface area contributed by atoms with Gasteiger partial charge in [0.25, 0.3) is 5.69 Å². The molecule has 0 heterocycles. The first-order valence-electron chi connectivity index (χ1n) is 6.64. The van der Waals surface area contributed by atoms with Gasteiger partial charge in [-0.15, -0.1) is 0 Å². The third-order valence-corrected chi connectivity index (χ3v) is 4.56. The lowest BCUT2D eigenvalue weighted by Crippen LogP contribution is -2.40. The van der Waals surface area contributed by atoms with Crippen molar-refractivity contribution in [2.75, 3.05) is 6.54 Å². The molecule has 7 nitrogen and oxygen atoms in total. The number of nitrogens with one attached hydrogen (secondary N) is 1. The number of benzene rings is 1. The first-order valence-corrected chi connectivity index (χ1v) is 8.13. The maximum absolute atomic E-state index is 12.3. The molecule has 0 bridgehead atoms. The highest BCUT2D eigenvalue weighted by Gasteiger charge is 2.22. The Kier molecular flexibility index (Phi) is 5.82. The SMILES string of the molecule is Cc1cc(S(=O)(=O)N[C@H](CN)CC(C)C)ccc1[N+](=O)[O-]. The molecule has 0 spiro atoms. The van der Waals surface area contributed by atoms with Crippen LogP contribution in [0.1, 0.15) is 25.8 Å². The molecule has 0 aliphatic rings. The fourth-order valence-corrected chi connectivity index (χ4v) is 3.40. The second kappa shape index (κ2) is 6.97. The lowest BCUT2D eigenvalue weighted by atomic mass is 10.1. The quantitative estimate of drug-likeness (QED) is 0.585. The maximum atomic E-state index is 12.3. The normalized spacial score (nSPS) is 13.4. The van der Waals surface area contributed by atoms with Gasteiger partial charge in [-0.1, -0.05) is 13.8 Å². The van der Waals surface area contributed by atoms with Gasteiger partial charge in [0, 0.05) is 24.2 Å². The van der Waals surface area contributed by atoms with Gasteiger partial charge in [-0.25, -0.2) is 13.1 Å². The second-order valence-electron chi connectivity index (χ2n) is 5.39. The first kappa shape index (κ1) is 17.5. The van der Waals surface area contributed by atoms with Crippen molar-refractivity contribution in [1.29, 1.82) is 0 Å². The summed E-state index contributed by atoms with van der Waals surface area (Å²) in [6.45, 7) is 5.66. The number of nitro groups is 1. The fourth-order valence-electron chi connectivity index (χ4n) is 2.05. The summed E-state index contributed by atoms with van der Waals surface area (Å²) >= 11 is 0. The Bertz CT molecular complexity index is 614. The average molecular weight is 315 g/mol. The first-order chi connectivity index (χ1) is 9.67. The summed E-state index contributed by atoms with van der Waals surface area (Å²) in [5.74, 6) is 0.305. The molecule has 1 atom stereocenters. The van der Waals surface area contributed by atoms with Gasteiger partial charge in [-0.05, 0) is 31.4 Å². The van der Waals surface area contributed by atoms with Crippen molar-refractivity contribution >= 4 is 15.7 Å². The average Bonchev–Trinajstić information content (AvgIpc) is 2.36. The van der Waals surface area contributed by atoms with Crippen LogP contribution in [0.25, 0.3) is 0 Å². The molecule has 8 heteroatoms. The molecule has 3 N–H and O–H groups in total. The monoisotopic (exact) mass is 315 g/mol. The zero-order valence-electron chi connectivity index (χ0n) is 12.4. The molecule has 0 aliphatic heterocycles. The van der Waals surface area contributed by atoms with Crippen molar-refractivity contribution in [2.24, 2.45) is 11.7 Å². The van der Waals surface area contributed by atoms with Crippen LogP contribution in [-0.2, 0) is 10.0 Å². The Balaban J connectivity index is 3.02. The third kappa shape index (κ3) is 4.76. The number of hydrogen-bond donors (Lipinski definition) is 2. The molecule has 0 amide bonds. The van der Waals surface area contributed by atoms with Gasteiger partial charge in [0.1, 0.15) is 0 Å². The van der Waals surface area contributed by atoms with Crippen molar-refractivity contribution in [3.05, 3.63) is 33.9 Å². The van der Waals surface area contributed by atoms with Crippen LogP contribution in [0.4, 0.5) is 5.69 Å². The molecule has 0 aliphatic carbocycles. The summed E-state index contributed by atoms with van der Waals surface area (Å²) in [4.78, 5) is 10.2. The predicted molar refractivity (Wildman–Crippen MR) is 80.5 cm³/mol. The summed E-state index contributed by atoms with van der Waals surface area (Å²) in [7, 11) is -3.73. The van der Waals surface area contributed by atoms with E-state index in [0.29, 0.717) is 17.9 Å². The van der Waals surface area contributed by atoms with Crippen molar-refractivity contribution < 1.29 is 13.3 Å². The highest BCUT2D eigenvalue weighted by Crippen LogP contribution is 2.21. The van der Waals surface area contributed by atoms with E-state index in [2.05, 4.69) is 4.72 Å². The Morgan fingerprint density at radius 1 is 1.38 bits per heavy atom. The number of nitrogens with zero attached hydrogens (tertiary/aromatic N) is 1. The van der Waals surface area contributed by atoms with E-state index in [4.69, 9.17) is 5.73 Å². The van der Waals surface area contributed by atoms with Gasteiger partial charge < -0.3 is 5.73 Å². The van der Waals surface area contributed by atoms with E-state index in [1.54, 1.807) is 0 Å². The van der Waals surface area contributed by atoms with Gasteiger partial charge in [0.2, 0.25) is 10.0 Å². The van der Waals surface area contributed by atoms with E-state index in [0.717, 1.165) is 0 Å². The van der Waals surface area contributed by atoms with E-state index in [1.165, 1.54) is 25.1 Å². The molecule has 0 saturated heterocycles. The second-order valence-corrected chi connectivity index (χ2v) is 7.10. The van der Waals surface area contributed by atoms with Gasteiger partial charge in [0.05, 0.1) is 9.82 Å². The summed E-state index contributed by atoms with van der Waals surface area (Å²) < 4.78 is 27.1. The molecule has 1 rings (SSSR count). The van der Waals surface area contributed by atoms with Crippen LogP contribution in [0, 0.1) is 23.0 Å². The topological polar surface area (TPSA) is 115 Å². The summed E-state index contributed by atoms with van der Waals surface area (Å²) in [6.07, 6.45) is 0.627. The van der Waals surface area contributed by atoms with Gasteiger partial charge in [-0.2, -0.15) is 0 Å². The molecule has 21 heavy (non-hydrogen) atoms. The Morgan fingerprint density at radius 3 is 2.43 bits per heavy atom. The van der Waals surface area contributed by atoms with Crippen LogP contribution in [0.3, 0.4) is 0 Å². The Labute approximate surface area is 124 Å². The van der Waals surface area contributed by atoms with Gasteiger partial charge >= 0.3 is 0 Å². The third-order valence-electron chi connectivity index (χ3n) is 3.04. The highest BCUT2D eigenvalue weighted by molar-refractivity contribution is 7.89. The predicted octanol–water partition coefficient (Wildman–Crippen LogP) is 1.55. The Morgan fingerprint density at radius 2 is 2.00 bits per heavy atom. The molecular weight excluding hydrogens is 294 g/mol. The summed E-state index contributed by atoms with van der Waals surface area (Å²) in [6, 6.07) is 3.37. The fraction of sp³-hybridized carbons (Fsp3) is 0.538. The lowest BCUT2D eigenvalue weighted by Gasteiger charge is -2.19. The maximum Gasteiger partial charge on any atom is 0.272 e. The largest absolute Gasteiger partial charge is 0.329 e. The van der Waals surface area contributed by atoms with Gasteiger partial charge in [-0.3, -0.25) is 10.1 Å².